The fourth-order valence-electron chi connectivity index (χ4n) is 2.61. The van der Waals surface area contributed by atoms with Crippen molar-refractivity contribution in [2.75, 3.05) is 26.1 Å². The second-order valence-corrected chi connectivity index (χ2v) is 5.54. The van der Waals surface area contributed by atoms with Crippen molar-refractivity contribution in [3.63, 3.8) is 0 Å². The van der Waals surface area contributed by atoms with Crippen LogP contribution in [-0.4, -0.2) is 25.4 Å². The van der Waals surface area contributed by atoms with E-state index in [2.05, 4.69) is 46.5 Å². The highest BCUT2D eigenvalue weighted by Crippen LogP contribution is 2.31. The number of hydrogen-bond donors (Lipinski definition) is 1. The summed E-state index contributed by atoms with van der Waals surface area (Å²) in [6.07, 6.45) is 4.27. The van der Waals surface area contributed by atoms with Gasteiger partial charge in [0.2, 0.25) is 0 Å². The first kappa shape index (κ1) is 16.1. The van der Waals surface area contributed by atoms with Crippen LogP contribution in [0.25, 0.3) is 11.1 Å². The molecule has 3 aromatic rings. The van der Waals surface area contributed by atoms with Gasteiger partial charge in [0.05, 0.1) is 19.4 Å². The molecule has 0 fully saturated rings. The van der Waals surface area contributed by atoms with E-state index < -0.39 is 0 Å². The van der Waals surface area contributed by atoms with Crippen LogP contribution in [0.2, 0.25) is 0 Å². The smallest absolute Gasteiger partial charge is 0.119 e. The molecule has 0 unspecified atom stereocenters. The maximum atomic E-state index is 5.22. The predicted molar refractivity (Wildman–Crippen MR) is 98.0 cm³/mol. The van der Waals surface area contributed by atoms with Crippen LogP contribution in [0, 0.1) is 0 Å². The van der Waals surface area contributed by atoms with Gasteiger partial charge in [-0.25, -0.2) is 0 Å². The second-order valence-electron chi connectivity index (χ2n) is 5.54. The largest absolute Gasteiger partial charge is 0.497 e. The molecule has 0 radical (unpaired) electrons. The molecule has 124 valence electrons. The van der Waals surface area contributed by atoms with E-state index in [0.717, 1.165) is 23.7 Å². The molecule has 0 spiro atoms. The Balaban J connectivity index is 1.90. The Morgan fingerprint density at radius 2 is 1.67 bits per heavy atom. The van der Waals surface area contributed by atoms with Crippen LogP contribution in [0.5, 0.6) is 5.75 Å². The molecule has 3 rings (SSSR count). The van der Waals surface area contributed by atoms with E-state index >= 15 is 0 Å². The van der Waals surface area contributed by atoms with Crippen LogP contribution in [0.15, 0.2) is 67.0 Å². The average Bonchev–Trinajstić information content (AvgIpc) is 3.04. The monoisotopic (exact) mass is 322 g/mol. The van der Waals surface area contributed by atoms with E-state index in [4.69, 9.17) is 9.47 Å². The van der Waals surface area contributed by atoms with Crippen molar-refractivity contribution in [3.05, 3.63) is 67.0 Å². The highest BCUT2D eigenvalue weighted by molar-refractivity contribution is 5.80. The Bertz CT molecular complexity index is 764. The average molecular weight is 322 g/mol. The van der Waals surface area contributed by atoms with Gasteiger partial charge in [0, 0.05) is 37.3 Å². The van der Waals surface area contributed by atoms with Gasteiger partial charge in [-0.1, -0.05) is 30.3 Å². The van der Waals surface area contributed by atoms with Crippen LogP contribution in [0.4, 0.5) is 11.4 Å². The zero-order valence-corrected chi connectivity index (χ0v) is 14.0. The molecule has 0 saturated heterocycles. The van der Waals surface area contributed by atoms with Gasteiger partial charge in [-0.3, -0.25) is 0 Å². The summed E-state index contributed by atoms with van der Waals surface area (Å²) >= 11 is 0. The summed E-state index contributed by atoms with van der Waals surface area (Å²) < 4.78 is 12.6. The molecule has 4 heteroatoms. The zero-order chi connectivity index (χ0) is 16.8. The summed E-state index contributed by atoms with van der Waals surface area (Å²) in [6, 6.07) is 18.3. The van der Waals surface area contributed by atoms with Crippen molar-refractivity contribution in [2.45, 2.75) is 6.54 Å². The minimum absolute atomic E-state index is 0.685. The van der Waals surface area contributed by atoms with Crippen LogP contribution in [-0.2, 0) is 11.3 Å². The second kappa shape index (κ2) is 7.70. The lowest BCUT2D eigenvalue weighted by molar-refractivity contribution is 0.187. The van der Waals surface area contributed by atoms with E-state index in [9.17, 15) is 0 Å². The van der Waals surface area contributed by atoms with E-state index in [1.54, 1.807) is 14.2 Å². The fourth-order valence-corrected chi connectivity index (χ4v) is 2.61. The number of methoxy groups -OCH3 is 2. The number of hydrogen-bond acceptors (Lipinski definition) is 3. The van der Waals surface area contributed by atoms with Crippen molar-refractivity contribution in [3.8, 4) is 16.9 Å². The maximum Gasteiger partial charge on any atom is 0.119 e. The number of nitrogens with zero attached hydrogens (tertiary/aromatic N) is 1. The van der Waals surface area contributed by atoms with Crippen LogP contribution in [0.1, 0.15) is 0 Å². The van der Waals surface area contributed by atoms with Crippen LogP contribution in [0.3, 0.4) is 0 Å². The summed E-state index contributed by atoms with van der Waals surface area (Å²) in [6.45, 7) is 1.51. The van der Waals surface area contributed by atoms with Gasteiger partial charge in [-0.15, -0.1) is 0 Å². The number of benzene rings is 2. The van der Waals surface area contributed by atoms with Crippen LogP contribution < -0.4 is 10.1 Å². The van der Waals surface area contributed by atoms with Gasteiger partial charge >= 0.3 is 0 Å². The molecule has 4 nitrogen and oxygen atoms in total. The van der Waals surface area contributed by atoms with Crippen molar-refractivity contribution < 1.29 is 9.47 Å². The predicted octanol–water partition coefficient (Wildman–Crippen LogP) is 4.55. The molecule has 0 saturated carbocycles. The lowest BCUT2D eigenvalue weighted by Gasteiger charge is -2.08. The highest BCUT2D eigenvalue weighted by Gasteiger charge is 2.09. The van der Waals surface area contributed by atoms with Crippen molar-refractivity contribution in [2.24, 2.45) is 0 Å². The Morgan fingerprint density at radius 3 is 2.33 bits per heavy atom. The Labute approximate surface area is 142 Å². The van der Waals surface area contributed by atoms with Crippen LogP contribution >= 0.6 is 0 Å². The molecule has 0 atom stereocenters. The minimum Gasteiger partial charge on any atom is -0.497 e. The third kappa shape index (κ3) is 3.78. The lowest BCUT2D eigenvalue weighted by Crippen LogP contribution is -2.01. The Morgan fingerprint density at radius 1 is 0.917 bits per heavy atom. The van der Waals surface area contributed by atoms with Gasteiger partial charge in [0.25, 0.3) is 0 Å². The SMILES string of the molecule is COCCn1cc(Nc2ccc(OC)cc2)c(-c2ccccc2)c1. The molecule has 0 aliphatic rings. The molecule has 1 N–H and O–H groups in total. The molecule has 0 aliphatic carbocycles. The first-order chi connectivity index (χ1) is 11.8. The summed E-state index contributed by atoms with van der Waals surface area (Å²) in [4.78, 5) is 0. The third-order valence-corrected chi connectivity index (χ3v) is 3.89. The summed E-state index contributed by atoms with van der Waals surface area (Å²) in [5, 5.41) is 3.50. The van der Waals surface area contributed by atoms with Gasteiger partial charge in [-0.05, 0) is 29.8 Å². The Hall–Kier alpha value is -2.72. The number of nitrogens with one attached hydrogen (secondary N) is 1. The van der Waals surface area contributed by atoms with Crippen molar-refractivity contribution in [1.29, 1.82) is 0 Å². The normalized spacial score (nSPS) is 10.6. The first-order valence-electron chi connectivity index (χ1n) is 7.95. The first-order valence-corrected chi connectivity index (χ1v) is 7.95. The highest BCUT2D eigenvalue weighted by atomic mass is 16.5. The Kier molecular flexibility index (Phi) is 5.18. The summed E-state index contributed by atoms with van der Waals surface area (Å²) in [7, 11) is 3.39. The minimum atomic E-state index is 0.685. The third-order valence-electron chi connectivity index (χ3n) is 3.89. The lowest BCUT2D eigenvalue weighted by atomic mass is 10.1. The molecule has 0 amide bonds. The molecule has 0 aliphatic heterocycles. The fraction of sp³-hybridized carbons (Fsp3) is 0.200. The topological polar surface area (TPSA) is 35.4 Å². The number of ether oxygens (including phenoxy) is 2. The molecular weight excluding hydrogens is 300 g/mol. The number of aromatic nitrogens is 1. The molecule has 2 aromatic carbocycles. The van der Waals surface area contributed by atoms with Gasteiger partial charge < -0.3 is 19.4 Å². The van der Waals surface area contributed by atoms with E-state index in [-0.39, 0.29) is 0 Å². The maximum absolute atomic E-state index is 5.22. The van der Waals surface area contributed by atoms with Gasteiger partial charge in [0.1, 0.15) is 5.75 Å². The van der Waals surface area contributed by atoms with Crippen molar-refractivity contribution >= 4 is 11.4 Å². The summed E-state index contributed by atoms with van der Waals surface area (Å²) in [5.74, 6) is 0.849. The molecule has 1 heterocycles. The number of anilines is 2. The molecular formula is C20H22N2O2. The van der Waals surface area contributed by atoms with Crippen molar-refractivity contribution in [1.82, 2.24) is 4.57 Å². The van der Waals surface area contributed by atoms with E-state index in [1.807, 2.05) is 30.3 Å². The molecule has 1 aromatic heterocycles. The molecule has 24 heavy (non-hydrogen) atoms. The molecule has 0 bridgehead atoms. The summed E-state index contributed by atoms with van der Waals surface area (Å²) in [5.41, 5.74) is 4.45. The zero-order valence-electron chi connectivity index (χ0n) is 14.0. The standard InChI is InChI=1S/C20H22N2O2/c1-23-13-12-22-14-19(16-6-4-3-5-7-16)20(15-22)21-17-8-10-18(24-2)11-9-17/h3-11,14-15,21H,12-13H2,1-2H3. The van der Waals surface area contributed by atoms with Gasteiger partial charge in [0.15, 0.2) is 0 Å². The number of rotatable bonds is 7. The van der Waals surface area contributed by atoms with Gasteiger partial charge in [-0.2, -0.15) is 0 Å². The quantitative estimate of drug-likeness (QED) is 0.693. The van der Waals surface area contributed by atoms with E-state index in [0.29, 0.717) is 6.61 Å². The van der Waals surface area contributed by atoms with E-state index in [1.165, 1.54) is 11.1 Å².